The van der Waals surface area contributed by atoms with Crippen molar-refractivity contribution < 1.29 is 4.15 Å². The van der Waals surface area contributed by atoms with Gasteiger partial charge in [0.2, 0.25) is 0 Å². The summed E-state index contributed by atoms with van der Waals surface area (Å²) < 4.78 is 0.959. The average Bonchev–Trinajstić information content (AvgIpc) is 3.15. The van der Waals surface area contributed by atoms with Crippen LogP contribution in [0.5, 0.6) is 0 Å². The maximum atomic E-state index is 2.48. The molecule has 0 amide bonds. The number of likely N-dealkylation sites (N-methyl/N-ethyl adjacent to an activating group) is 1. The molecule has 3 heteroatoms. The van der Waals surface area contributed by atoms with Gasteiger partial charge in [0, 0.05) is 34.8 Å². The maximum Gasteiger partial charge on any atom is 0.0826 e. The highest BCUT2D eigenvalue weighted by Gasteiger charge is 2.38. The van der Waals surface area contributed by atoms with E-state index in [-0.39, 0.29) is 7.92 Å². The molecule has 0 atom stereocenters. The highest BCUT2D eigenvalue weighted by atomic mass is 31.1. The zero-order chi connectivity index (χ0) is 22.9. The van der Waals surface area contributed by atoms with Gasteiger partial charge in [-0.15, -0.1) is 10.4 Å². The van der Waals surface area contributed by atoms with Crippen LogP contribution in [0.4, 0.5) is 0 Å². The third kappa shape index (κ3) is 4.29. The van der Waals surface area contributed by atoms with Gasteiger partial charge in [0.1, 0.15) is 0 Å². The Morgan fingerprint density at radius 1 is 0.688 bits per heavy atom. The molecule has 0 saturated heterocycles. The van der Waals surface area contributed by atoms with Crippen molar-refractivity contribution >= 4 is 32.6 Å². The molecule has 0 aromatic heterocycles. The Bertz CT molecular complexity index is 1040. The van der Waals surface area contributed by atoms with Gasteiger partial charge in [-0.2, -0.15) is 0 Å². The molecular weight excluding hydrogens is 421 g/mol. The van der Waals surface area contributed by atoms with Crippen molar-refractivity contribution in [2.75, 3.05) is 14.1 Å². The highest BCUT2D eigenvalue weighted by molar-refractivity contribution is 7.69. The fraction of sp³-hybridized carbons (Fsp3) is 0.310. The monoisotopic (exact) mass is 457 g/mol. The summed E-state index contributed by atoms with van der Waals surface area (Å²) in [5.74, 6) is 0. The van der Waals surface area contributed by atoms with Gasteiger partial charge in [-0.1, -0.05) is 121 Å². The Balaban J connectivity index is 1.95. The Morgan fingerprint density at radius 2 is 1.16 bits per heavy atom. The summed E-state index contributed by atoms with van der Waals surface area (Å²) in [6.45, 7) is 9.71. The number of fused-ring (bicyclic) bond motifs is 1. The molecule has 3 aromatic carbocycles. The lowest BCUT2D eigenvalue weighted by molar-refractivity contribution is -0.739. The number of quaternary nitrogens is 1. The minimum Gasteiger partial charge on any atom is -0.462 e. The van der Waals surface area contributed by atoms with Gasteiger partial charge in [0.05, 0.1) is 5.70 Å². The zero-order valence-electron chi connectivity index (χ0n) is 20.3. The van der Waals surface area contributed by atoms with E-state index < -0.39 is 8.96 Å². The molecule has 0 heterocycles. The Labute approximate surface area is 197 Å². The molecule has 0 fully saturated rings. The standard InChI is InChI=1S/C29H36NPSi/c1-22(2)31(23(3)4)29-27-20-14-13-15-24(27)21-28(29)30(5,6)32(25-16-9-7-10-17-25)26-18-11-8-12-19-26/h7-20,22-23H,21H2,1-6H3. The molecule has 0 aliphatic heterocycles. The van der Waals surface area contributed by atoms with Gasteiger partial charge in [0.15, 0.2) is 0 Å². The number of nitrogens with zero attached hydrogens (tertiary/aromatic N) is 1. The summed E-state index contributed by atoms with van der Waals surface area (Å²) in [4.78, 5) is 0. The first-order valence-corrected chi connectivity index (χ1v) is 14.7. The van der Waals surface area contributed by atoms with Crippen LogP contribution in [-0.4, -0.2) is 38.5 Å². The van der Waals surface area contributed by atoms with Crippen molar-refractivity contribution in [3.05, 3.63) is 102 Å². The molecule has 1 aliphatic carbocycles. The molecule has 0 saturated carbocycles. The smallest absolute Gasteiger partial charge is 0.0826 e. The van der Waals surface area contributed by atoms with Crippen LogP contribution in [0.1, 0.15) is 38.8 Å². The molecular formula is C29H36NPSi. The second-order valence-electron chi connectivity index (χ2n) is 9.76. The first-order chi connectivity index (χ1) is 15.3. The van der Waals surface area contributed by atoms with E-state index >= 15 is 0 Å². The van der Waals surface area contributed by atoms with Crippen molar-refractivity contribution in [2.24, 2.45) is 0 Å². The highest BCUT2D eigenvalue weighted by Crippen LogP contribution is 2.62. The molecule has 0 unspecified atom stereocenters. The quantitative estimate of drug-likeness (QED) is 0.297. The van der Waals surface area contributed by atoms with E-state index in [1.54, 1.807) is 11.0 Å². The minimum atomic E-state index is -1.10. The van der Waals surface area contributed by atoms with Gasteiger partial charge in [-0.3, -0.25) is 0 Å². The van der Waals surface area contributed by atoms with Crippen molar-refractivity contribution in [1.29, 1.82) is 0 Å². The molecule has 1 nitrogen and oxygen atoms in total. The zero-order valence-corrected chi connectivity index (χ0v) is 22.2. The molecule has 0 radical (unpaired) electrons. The van der Waals surface area contributed by atoms with Crippen molar-refractivity contribution in [3.63, 3.8) is 0 Å². The van der Waals surface area contributed by atoms with Crippen LogP contribution in [0.2, 0.25) is 0 Å². The molecule has 0 bridgehead atoms. The summed E-state index contributed by atoms with van der Waals surface area (Å²) in [6, 6.07) is 31.7. The molecule has 4 rings (SSSR count). The maximum absolute atomic E-state index is 2.48. The van der Waals surface area contributed by atoms with Crippen LogP contribution in [0, 0.1) is 0 Å². The van der Waals surface area contributed by atoms with Crippen LogP contribution < -0.4 is 10.4 Å². The predicted molar refractivity (Wildman–Crippen MR) is 144 cm³/mol. The minimum absolute atomic E-state index is 0.252. The van der Waals surface area contributed by atoms with Crippen LogP contribution in [0.25, 0.3) is 5.31 Å². The van der Waals surface area contributed by atoms with Crippen molar-refractivity contribution in [1.82, 2.24) is 0 Å². The van der Waals surface area contributed by atoms with Crippen LogP contribution >= 0.6 is 7.92 Å². The number of rotatable bonds is 7. The summed E-state index contributed by atoms with van der Waals surface area (Å²) in [5, 5.41) is 4.64. The number of allylic oxidation sites excluding steroid dienone is 1. The summed E-state index contributed by atoms with van der Waals surface area (Å²) in [7, 11) is 3.60. The summed E-state index contributed by atoms with van der Waals surface area (Å²) >= 11 is 0. The number of hydrogen-bond donors (Lipinski definition) is 0. The molecule has 166 valence electrons. The van der Waals surface area contributed by atoms with Crippen molar-refractivity contribution in [2.45, 2.75) is 45.4 Å². The summed E-state index contributed by atoms with van der Waals surface area (Å²) in [5.41, 5.74) is 6.02. The average molecular weight is 458 g/mol. The fourth-order valence-electron chi connectivity index (χ4n) is 5.33. The van der Waals surface area contributed by atoms with Crippen LogP contribution in [0.3, 0.4) is 0 Å². The van der Waals surface area contributed by atoms with E-state index in [4.69, 9.17) is 0 Å². The van der Waals surface area contributed by atoms with E-state index in [2.05, 4.69) is 127 Å². The topological polar surface area (TPSA) is 0 Å². The predicted octanol–water partition coefficient (Wildman–Crippen LogP) is 6.09. The Kier molecular flexibility index (Phi) is 6.86. The van der Waals surface area contributed by atoms with E-state index in [1.807, 2.05) is 0 Å². The molecule has 1 aliphatic rings. The molecule has 0 spiro atoms. The van der Waals surface area contributed by atoms with Crippen molar-refractivity contribution in [3.8, 4) is 0 Å². The normalized spacial score (nSPS) is 13.9. The van der Waals surface area contributed by atoms with Crippen LogP contribution in [-0.2, 0) is 6.42 Å². The molecule has 3 aromatic rings. The Hall–Kier alpha value is -1.99. The van der Waals surface area contributed by atoms with E-state index in [0.29, 0.717) is 11.3 Å². The first kappa shape index (κ1) is 23.2. The third-order valence-corrected chi connectivity index (χ3v) is 13.0. The fourth-order valence-corrected chi connectivity index (χ4v) is 11.9. The van der Waals surface area contributed by atoms with Gasteiger partial charge >= 0.3 is 0 Å². The molecule has 0 N–H and O–H groups in total. The first-order valence-electron chi connectivity index (χ1n) is 11.7. The van der Waals surface area contributed by atoms with Gasteiger partial charge in [-0.25, -0.2) is 0 Å². The van der Waals surface area contributed by atoms with Gasteiger partial charge in [-0.05, 0) is 22.4 Å². The van der Waals surface area contributed by atoms with E-state index in [0.717, 1.165) is 10.6 Å². The largest absolute Gasteiger partial charge is 0.462 e. The third-order valence-electron chi connectivity index (χ3n) is 6.60. The SMILES string of the molecule is CC(C)P(C1=C([N+](C)(C)[Si-](c2ccccc2)c2ccccc2)Cc2ccccc21)C(C)C. The number of hydrogen-bond acceptors (Lipinski definition) is 0. The summed E-state index contributed by atoms with van der Waals surface area (Å²) in [6.07, 6.45) is 1.07. The lowest BCUT2D eigenvalue weighted by Gasteiger charge is -2.52. The molecule has 32 heavy (non-hydrogen) atoms. The lowest BCUT2D eigenvalue weighted by atomic mass is 10.1. The second kappa shape index (κ2) is 9.47. The van der Waals surface area contributed by atoms with Gasteiger partial charge in [0.25, 0.3) is 0 Å². The second-order valence-corrected chi connectivity index (χ2v) is 16.1. The van der Waals surface area contributed by atoms with E-state index in [1.165, 1.54) is 21.5 Å². The van der Waals surface area contributed by atoms with Crippen LogP contribution in [0.15, 0.2) is 90.6 Å². The van der Waals surface area contributed by atoms with Gasteiger partial charge < -0.3 is 4.15 Å². The van der Waals surface area contributed by atoms with E-state index in [9.17, 15) is 0 Å². The number of benzene rings is 3. The Morgan fingerprint density at radius 3 is 1.66 bits per heavy atom. The lowest BCUT2D eigenvalue weighted by Crippen LogP contribution is -2.64.